The van der Waals surface area contributed by atoms with Gasteiger partial charge < -0.3 is 0 Å². The Hall–Kier alpha value is -2.53. The van der Waals surface area contributed by atoms with Gasteiger partial charge in [0.25, 0.3) is 0 Å². The van der Waals surface area contributed by atoms with Gasteiger partial charge in [0, 0.05) is 12.8 Å². The van der Waals surface area contributed by atoms with Crippen molar-refractivity contribution in [2.24, 2.45) is 5.10 Å². The summed E-state index contributed by atoms with van der Waals surface area (Å²) < 4.78 is 1.08. The fourth-order valence-electron chi connectivity index (χ4n) is 2.65. The highest BCUT2D eigenvalue weighted by molar-refractivity contribution is 7.22. The number of carbonyl (C=O) groups excluding carboxylic acids is 1. The van der Waals surface area contributed by atoms with E-state index in [1.807, 2.05) is 42.5 Å². The number of rotatable bonds is 2. The van der Waals surface area contributed by atoms with Crippen molar-refractivity contribution in [3.05, 3.63) is 59.7 Å². The van der Waals surface area contributed by atoms with Crippen molar-refractivity contribution in [1.82, 2.24) is 4.98 Å². The first-order valence-corrected chi connectivity index (χ1v) is 8.35. The van der Waals surface area contributed by atoms with Crippen molar-refractivity contribution in [3.8, 4) is 0 Å². The van der Waals surface area contributed by atoms with E-state index in [1.165, 1.54) is 21.9 Å². The van der Waals surface area contributed by atoms with E-state index in [2.05, 4.69) is 23.1 Å². The van der Waals surface area contributed by atoms with Gasteiger partial charge in [0.2, 0.25) is 11.0 Å². The van der Waals surface area contributed by atoms with E-state index in [4.69, 9.17) is 0 Å². The molecule has 1 aromatic heterocycles. The normalized spacial score (nSPS) is 15.1. The Morgan fingerprint density at radius 2 is 1.91 bits per heavy atom. The van der Waals surface area contributed by atoms with Crippen molar-refractivity contribution >= 4 is 38.3 Å². The summed E-state index contributed by atoms with van der Waals surface area (Å²) in [5.41, 5.74) is 4.08. The van der Waals surface area contributed by atoms with E-state index in [1.54, 1.807) is 0 Å². The SMILES string of the molecule is Cc1ccc2nc(N3N=C(c4ccccc4)CCC3=O)sc2c1. The topological polar surface area (TPSA) is 45.6 Å². The first-order valence-electron chi connectivity index (χ1n) is 7.54. The van der Waals surface area contributed by atoms with Crippen LogP contribution in [0.3, 0.4) is 0 Å². The zero-order valence-electron chi connectivity index (χ0n) is 12.7. The Kier molecular flexibility index (Phi) is 3.42. The summed E-state index contributed by atoms with van der Waals surface area (Å²) in [6.45, 7) is 2.05. The third-order valence-corrected chi connectivity index (χ3v) is 4.85. The van der Waals surface area contributed by atoms with E-state index < -0.39 is 0 Å². The predicted molar refractivity (Wildman–Crippen MR) is 94.1 cm³/mol. The van der Waals surface area contributed by atoms with Gasteiger partial charge in [-0.3, -0.25) is 4.79 Å². The van der Waals surface area contributed by atoms with Crippen molar-refractivity contribution in [2.75, 3.05) is 5.01 Å². The van der Waals surface area contributed by atoms with Crippen LogP contribution in [0.2, 0.25) is 0 Å². The number of fused-ring (bicyclic) bond motifs is 1. The summed E-state index contributed by atoms with van der Waals surface area (Å²) in [6, 6.07) is 16.1. The first kappa shape index (κ1) is 14.1. The number of thiazole rings is 1. The molecule has 0 saturated carbocycles. The highest BCUT2D eigenvalue weighted by atomic mass is 32.1. The van der Waals surface area contributed by atoms with Crippen molar-refractivity contribution in [2.45, 2.75) is 19.8 Å². The molecule has 1 amide bonds. The average Bonchev–Trinajstić information content (AvgIpc) is 2.99. The molecule has 1 aliphatic rings. The van der Waals surface area contributed by atoms with E-state index in [9.17, 15) is 4.79 Å². The number of nitrogens with zero attached hydrogens (tertiary/aromatic N) is 3. The van der Waals surface area contributed by atoms with E-state index >= 15 is 0 Å². The molecule has 4 nitrogen and oxygen atoms in total. The molecule has 4 rings (SSSR count). The van der Waals surface area contributed by atoms with Crippen molar-refractivity contribution in [3.63, 3.8) is 0 Å². The Bertz CT molecular complexity index is 914. The van der Waals surface area contributed by atoms with Crippen LogP contribution >= 0.6 is 11.3 Å². The van der Waals surface area contributed by atoms with Crippen LogP contribution in [0.4, 0.5) is 5.13 Å². The molecule has 0 unspecified atom stereocenters. The molecular formula is C18H15N3OS. The highest BCUT2D eigenvalue weighted by Crippen LogP contribution is 2.31. The predicted octanol–water partition coefficient (Wildman–Crippen LogP) is 4.14. The quantitative estimate of drug-likeness (QED) is 0.712. The van der Waals surface area contributed by atoms with E-state index in [-0.39, 0.29) is 5.91 Å². The standard InChI is InChI=1S/C18H15N3OS/c1-12-7-8-15-16(11-12)23-18(19-15)21-17(22)10-9-14(20-21)13-5-3-2-4-6-13/h2-8,11H,9-10H2,1H3. The molecule has 0 aliphatic carbocycles. The minimum Gasteiger partial charge on any atom is -0.272 e. The number of aromatic nitrogens is 1. The molecule has 0 spiro atoms. The molecule has 2 heterocycles. The van der Waals surface area contributed by atoms with E-state index in [0.29, 0.717) is 18.0 Å². The monoisotopic (exact) mass is 321 g/mol. The lowest BCUT2D eigenvalue weighted by atomic mass is 10.0. The fraction of sp³-hybridized carbons (Fsp3) is 0.167. The molecule has 2 aromatic carbocycles. The summed E-state index contributed by atoms with van der Waals surface area (Å²) in [4.78, 5) is 16.9. The Morgan fingerprint density at radius 3 is 2.74 bits per heavy atom. The van der Waals surface area contributed by atoms with Crippen LogP contribution < -0.4 is 5.01 Å². The smallest absolute Gasteiger partial charge is 0.249 e. The average molecular weight is 321 g/mol. The molecule has 23 heavy (non-hydrogen) atoms. The van der Waals surface area contributed by atoms with Gasteiger partial charge >= 0.3 is 0 Å². The molecule has 0 radical (unpaired) electrons. The van der Waals surface area contributed by atoms with Crippen LogP contribution in [-0.2, 0) is 4.79 Å². The lowest BCUT2D eigenvalue weighted by Gasteiger charge is -2.21. The summed E-state index contributed by atoms with van der Waals surface area (Å²) >= 11 is 1.51. The number of carbonyl (C=O) groups is 1. The summed E-state index contributed by atoms with van der Waals surface area (Å²) in [5.74, 6) is 0.000425. The Morgan fingerprint density at radius 1 is 1.09 bits per heavy atom. The van der Waals surface area contributed by atoms with Gasteiger partial charge in [-0.05, 0) is 30.2 Å². The van der Waals surface area contributed by atoms with Gasteiger partial charge in [-0.2, -0.15) is 10.1 Å². The molecule has 0 bridgehead atoms. The number of hydrogen-bond donors (Lipinski definition) is 0. The van der Waals surface area contributed by atoms with Gasteiger partial charge in [0.1, 0.15) is 0 Å². The number of benzene rings is 2. The molecule has 0 N–H and O–H groups in total. The molecule has 0 saturated heterocycles. The number of anilines is 1. The van der Waals surface area contributed by atoms with Crippen LogP contribution in [0.15, 0.2) is 53.6 Å². The van der Waals surface area contributed by atoms with Crippen LogP contribution in [0, 0.1) is 6.92 Å². The lowest BCUT2D eigenvalue weighted by molar-refractivity contribution is -0.118. The maximum Gasteiger partial charge on any atom is 0.249 e. The molecule has 0 fully saturated rings. The number of amides is 1. The van der Waals surface area contributed by atoms with Gasteiger partial charge in [0.05, 0.1) is 15.9 Å². The number of aryl methyl sites for hydroxylation is 1. The number of hydrazone groups is 1. The Balaban J connectivity index is 1.77. The van der Waals surface area contributed by atoms with Crippen LogP contribution in [0.25, 0.3) is 10.2 Å². The van der Waals surface area contributed by atoms with Crippen molar-refractivity contribution in [1.29, 1.82) is 0 Å². The second-order valence-electron chi connectivity index (χ2n) is 5.59. The fourth-order valence-corrected chi connectivity index (χ4v) is 3.68. The third kappa shape index (κ3) is 2.64. The minimum atomic E-state index is 0.000425. The van der Waals surface area contributed by atoms with Gasteiger partial charge in [-0.25, -0.2) is 4.98 Å². The summed E-state index contributed by atoms with van der Waals surface area (Å²) in [7, 11) is 0. The first-order chi connectivity index (χ1) is 11.2. The molecule has 0 atom stereocenters. The van der Waals surface area contributed by atoms with E-state index in [0.717, 1.165) is 21.5 Å². The molecule has 114 valence electrons. The van der Waals surface area contributed by atoms with Gasteiger partial charge in [-0.1, -0.05) is 47.7 Å². The molecule has 3 aromatic rings. The zero-order chi connectivity index (χ0) is 15.8. The van der Waals surface area contributed by atoms with Gasteiger partial charge in [-0.15, -0.1) is 0 Å². The third-order valence-electron chi connectivity index (χ3n) is 3.85. The maximum atomic E-state index is 12.3. The van der Waals surface area contributed by atoms with Crippen LogP contribution in [0.1, 0.15) is 24.0 Å². The second kappa shape index (κ2) is 5.59. The maximum absolute atomic E-state index is 12.3. The summed E-state index contributed by atoms with van der Waals surface area (Å²) in [6.07, 6.45) is 1.13. The lowest BCUT2D eigenvalue weighted by Crippen LogP contribution is -2.31. The Labute approximate surface area is 138 Å². The van der Waals surface area contributed by atoms with Gasteiger partial charge in [0.15, 0.2) is 0 Å². The number of hydrogen-bond acceptors (Lipinski definition) is 4. The molecule has 1 aliphatic heterocycles. The summed E-state index contributed by atoms with van der Waals surface area (Å²) in [5, 5.41) is 6.68. The van der Waals surface area contributed by atoms with Crippen LogP contribution in [0.5, 0.6) is 0 Å². The molecular weight excluding hydrogens is 306 g/mol. The molecule has 5 heteroatoms. The minimum absolute atomic E-state index is 0.000425. The van der Waals surface area contributed by atoms with Crippen molar-refractivity contribution < 1.29 is 4.79 Å². The second-order valence-corrected chi connectivity index (χ2v) is 6.59. The largest absolute Gasteiger partial charge is 0.272 e. The zero-order valence-corrected chi connectivity index (χ0v) is 13.5. The highest BCUT2D eigenvalue weighted by Gasteiger charge is 2.25. The van der Waals surface area contributed by atoms with Crippen LogP contribution in [-0.4, -0.2) is 16.6 Å².